The van der Waals surface area contributed by atoms with Crippen molar-refractivity contribution in [1.82, 2.24) is 4.98 Å². The van der Waals surface area contributed by atoms with Crippen molar-refractivity contribution in [3.63, 3.8) is 0 Å². The summed E-state index contributed by atoms with van der Waals surface area (Å²) < 4.78 is 17.1. The Labute approximate surface area is 177 Å². The molecule has 0 bridgehead atoms. The molecule has 1 aromatic heterocycles. The number of hydrogen-bond donors (Lipinski definition) is 1. The molecule has 1 aliphatic rings. The quantitative estimate of drug-likeness (QED) is 0.610. The number of aromatic nitrogens is 1. The molecular formula is C22H20N2O5S. The molecule has 0 saturated carbocycles. The second-order valence-electron chi connectivity index (χ2n) is 6.52. The molecule has 4 rings (SSSR count). The van der Waals surface area contributed by atoms with Crippen molar-refractivity contribution in [1.29, 1.82) is 0 Å². The SMILES string of the molecule is CCOc1ccc2nc(NCC3=CC(=O)c4c(OC)ccc(OC)c4C3=O)sc2c1. The summed E-state index contributed by atoms with van der Waals surface area (Å²) in [4.78, 5) is 30.3. The van der Waals surface area contributed by atoms with Crippen LogP contribution in [-0.2, 0) is 0 Å². The fourth-order valence-corrected chi connectivity index (χ4v) is 4.26. The number of ether oxygens (including phenoxy) is 3. The zero-order chi connectivity index (χ0) is 21.3. The van der Waals surface area contributed by atoms with Crippen LogP contribution in [0.3, 0.4) is 0 Å². The Morgan fingerprint density at radius 2 is 1.77 bits per heavy atom. The number of fused-ring (bicyclic) bond motifs is 2. The number of carbonyl (C=O) groups excluding carboxylic acids is 2. The molecule has 3 aromatic rings. The molecule has 0 fully saturated rings. The van der Waals surface area contributed by atoms with Gasteiger partial charge in [-0.25, -0.2) is 4.98 Å². The lowest BCUT2D eigenvalue weighted by Crippen LogP contribution is -2.23. The van der Waals surface area contributed by atoms with E-state index in [9.17, 15) is 9.59 Å². The zero-order valence-corrected chi connectivity index (χ0v) is 17.6. The van der Waals surface area contributed by atoms with Crippen molar-refractivity contribution in [2.24, 2.45) is 0 Å². The first kappa shape index (κ1) is 19.9. The molecular weight excluding hydrogens is 404 g/mol. The van der Waals surface area contributed by atoms with Gasteiger partial charge in [0, 0.05) is 12.1 Å². The highest BCUT2D eigenvalue weighted by Crippen LogP contribution is 2.36. The lowest BCUT2D eigenvalue weighted by molar-refractivity contribution is 0.0978. The van der Waals surface area contributed by atoms with Gasteiger partial charge in [-0.1, -0.05) is 11.3 Å². The van der Waals surface area contributed by atoms with Crippen molar-refractivity contribution >= 4 is 38.3 Å². The molecule has 7 nitrogen and oxygen atoms in total. The Balaban J connectivity index is 1.59. The molecule has 1 heterocycles. The first-order valence-electron chi connectivity index (χ1n) is 9.37. The van der Waals surface area contributed by atoms with Gasteiger partial charge in [0.1, 0.15) is 17.2 Å². The second-order valence-corrected chi connectivity index (χ2v) is 7.55. The molecule has 0 spiro atoms. The normalized spacial score (nSPS) is 13.1. The number of methoxy groups -OCH3 is 2. The number of anilines is 1. The van der Waals surface area contributed by atoms with E-state index in [-0.39, 0.29) is 29.2 Å². The topological polar surface area (TPSA) is 86.8 Å². The molecule has 30 heavy (non-hydrogen) atoms. The zero-order valence-electron chi connectivity index (χ0n) is 16.8. The van der Waals surface area contributed by atoms with Gasteiger partial charge in [-0.05, 0) is 43.3 Å². The predicted octanol–water partition coefficient (Wildman–Crippen LogP) is 4.13. The standard InChI is InChI=1S/C22H20N2O5S/c1-4-29-13-5-6-14-18(10-13)30-22(24-14)23-11-12-9-15(25)19-16(27-2)7-8-17(28-3)20(19)21(12)26/h5-10H,4,11H2,1-3H3,(H,23,24). The van der Waals surface area contributed by atoms with E-state index in [1.54, 1.807) is 12.1 Å². The molecule has 0 amide bonds. The summed E-state index contributed by atoms with van der Waals surface area (Å²) in [5.74, 6) is 0.922. The first-order chi connectivity index (χ1) is 14.5. The van der Waals surface area contributed by atoms with Crippen LogP contribution in [0.15, 0.2) is 42.0 Å². The number of carbonyl (C=O) groups is 2. The molecule has 0 atom stereocenters. The maximum atomic E-state index is 13.1. The Morgan fingerprint density at radius 3 is 2.47 bits per heavy atom. The molecule has 2 aromatic carbocycles. The van der Waals surface area contributed by atoms with Crippen LogP contribution in [-0.4, -0.2) is 43.9 Å². The van der Waals surface area contributed by atoms with Crippen LogP contribution in [0.25, 0.3) is 10.2 Å². The van der Waals surface area contributed by atoms with E-state index in [1.165, 1.54) is 31.6 Å². The molecule has 8 heteroatoms. The van der Waals surface area contributed by atoms with E-state index in [4.69, 9.17) is 14.2 Å². The minimum atomic E-state index is -0.289. The number of Topliss-reactive ketones (excluding diaryl/α,β-unsaturated/α-hetero) is 1. The van der Waals surface area contributed by atoms with Crippen LogP contribution in [0.2, 0.25) is 0 Å². The van der Waals surface area contributed by atoms with Gasteiger partial charge < -0.3 is 19.5 Å². The van der Waals surface area contributed by atoms with Crippen LogP contribution < -0.4 is 19.5 Å². The van der Waals surface area contributed by atoms with Gasteiger partial charge in [0.2, 0.25) is 0 Å². The molecule has 0 radical (unpaired) electrons. The van der Waals surface area contributed by atoms with Crippen molar-refractivity contribution in [3.8, 4) is 17.2 Å². The lowest BCUT2D eigenvalue weighted by Gasteiger charge is -2.20. The summed E-state index contributed by atoms with van der Waals surface area (Å²) in [6.45, 7) is 2.70. The van der Waals surface area contributed by atoms with Gasteiger partial charge in [0.15, 0.2) is 16.7 Å². The maximum absolute atomic E-state index is 13.1. The number of nitrogens with one attached hydrogen (secondary N) is 1. The molecule has 154 valence electrons. The van der Waals surface area contributed by atoms with Crippen molar-refractivity contribution in [3.05, 3.63) is 53.1 Å². The fraction of sp³-hybridized carbons (Fsp3) is 0.227. The summed E-state index contributed by atoms with van der Waals surface area (Å²) in [6.07, 6.45) is 1.35. The van der Waals surface area contributed by atoms with E-state index in [2.05, 4.69) is 10.3 Å². The maximum Gasteiger partial charge on any atom is 0.195 e. The third kappa shape index (κ3) is 3.50. The van der Waals surface area contributed by atoms with E-state index in [0.717, 1.165) is 16.0 Å². The Hall–Kier alpha value is -3.39. The van der Waals surface area contributed by atoms with Crippen LogP contribution >= 0.6 is 11.3 Å². The number of rotatable bonds is 7. The second kappa shape index (κ2) is 8.16. The number of ketones is 2. The largest absolute Gasteiger partial charge is 0.496 e. The van der Waals surface area contributed by atoms with E-state index in [0.29, 0.717) is 28.8 Å². The summed E-state index contributed by atoms with van der Waals surface area (Å²) in [5, 5.41) is 3.81. The number of allylic oxidation sites excluding steroid dienone is 1. The highest BCUT2D eigenvalue weighted by Gasteiger charge is 2.31. The highest BCUT2D eigenvalue weighted by molar-refractivity contribution is 7.22. The lowest BCUT2D eigenvalue weighted by atomic mass is 9.88. The van der Waals surface area contributed by atoms with Crippen molar-refractivity contribution < 1.29 is 23.8 Å². The molecule has 0 aliphatic heterocycles. The Bertz CT molecular complexity index is 1180. The molecule has 1 N–H and O–H groups in total. The molecule has 0 saturated heterocycles. The molecule has 1 aliphatic carbocycles. The minimum absolute atomic E-state index is 0.169. The Morgan fingerprint density at radius 1 is 1.03 bits per heavy atom. The van der Waals surface area contributed by atoms with Gasteiger partial charge in [-0.3, -0.25) is 9.59 Å². The highest BCUT2D eigenvalue weighted by atomic mass is 32.1. The first-order valence-corrected chi connectivity index (χ1v) is 10.2. The third-order valence-electron chi connectivity index (χ3n) is 4.74. The molecule has 0 unspecified atom stereocenters. The monoisotopic (exact) mass is 424 g/mol. The summed E-state index contributed by atoms with van der Waals surface area (Å²) >= 11 is 1.46. The number of hydrogen-bond acceptors (Lipinski definition) is 8. The summed E-state index contributed by atoms with van der Waals surface area (Å²) in [6, 6.07) is 8.95. The van der Waals surface area contributed by atoms with Gasteiger partial charge in [0.05, 0.1) is 42.2 Å². The predicted molar refractivity (Wildman–Crippen MR) is 116 cm³/mol. The number of thiazole rings is 1. The summed E-state index contributed by atoms with van der Waals surface area (Å²) in [5.41, 5.74) is 1.64. The van der Waals surface area contributed by atoms with Crippen LogP contribution in [0.1, 0.15) is 27.6 Å². The van der Waals surface area contributed by atoms with Crippen molar-refractivity contribution in [2.75, 3.05) is 32.7 Å². The van der Waals surface area contributed by atoms with Gasteiger partial charge in [-0.2, -0.15) is 0 Å². The van der Waals surface area contributed by atoms with E-state index < -0.39 is 0 Å². The van der Waals surface area contributed by atoms with Gasteiger partial charge in [-0.15, -0.1) is 0 Å². The van der Waals surface area contributed by atoms with E-state index in [1.807, 2.05) is 25.1 Å². The van der Waals surface area contributed by atoms with Crippen LogP contribution in [0.4, 0.5) is 5.13 Å². The average molecular weight is 424 g/mol. The van der Waals surface area contributed by atoms with Crippen LogP contribution in [0, 0.1) is 0 Å². The van der Waals surface area contributed by atoms with Gasteiger partial charge >= 0.3 is 0 Å². The van der Waals surface area contributed by atoms with Gasteiger partial charge in [0.25, 0.3) is 0 Å². The third-order valence-corrected chi connectivity index (χ3v) is 5.72. The van der Waals surface area contributed by atoms with E-state index >= 15 is 0 Å². The number of benzene rings is 2. The average Bonchev–Trinajstić information content (AvgIpc) is 3.16. The van der Waals surface area contributed by atoms with Crippen LogP contribution in [0.5, 0.6) is 17.2 Å². The Kier molecular flexibility index (Phi) is 5.41. The number of nitrogens with zero attached hydrogens (tertiary/aromatic N) is 1. The minimum Gasteiger partial charge on any atom is -0.496 e. The fourth-order valence-electron chi connectivity index (χ4n) is 3.37. The smallest absolute Gasteiger partial charge is 0.195 e. The van der Waals surface area contributed by atoms with Crippen molar-refractivity contribution in [2.45, 2.75) is 6.92 Å². The summed E-state index contributed by atoms with van der Waals surface area (Å²) in [7, 11) is 2.93.